The topological polar surface area (TPSA) is 61.6 Å². The Morgan fingerprint density at radius 3 is 2.81 bits per heavy atom. The molecular formula is C15H24N4O2. The Morgan fingerprint density at radius 2 is 2.19 bits per heavy atom. The fourth-order valence-electron chi connectivity index (χ4n) is 2.80. The van der Waals surface area contributed by atoms with Crippen molar-refractivity contribution in [3.63, 3.8) is 0 Å². The molecule has 0 unspecified atom stereocenters. The minimum atomic E-state index is -0.560. The first kappa shape index (κ1) is 15.7. The molecule has 1 saturated carbocycles. The molecule has 6 heteroatoms. The maximum atomic E-state index is 12.1. The molecule has 1 aliphatic rings. The second kappa shape index (κ2) is 6.87. The van der Waals surface area contributed by atoms with E-state index in [1.165, 1.54) is 0 Å². The minimum absolute atomic E-state index is 0.00138. The van der Waals surface area contributed by atoms with Crippen LogP contribution in [0.1, 0.15) is 18.9 Å². The zero-order valence-corrected chi connectivity index (χ0v) is 12.9. The molecule has 0 spiro atoms. The lowest BCUT2D eigenvalue weighted by atomic mass is 10.1. The SMILES string of the molecule is CN(C)CC=CC(=O)N(C)[C@@H]1CC[C@@H](n2ccnc2)[C@@H]1O. The molecule has 1 aliphatic carbocycles. The van der Waals surface area contributed by atoms with Crippen LogP contribution in [0.15, 0.2) is 30.9 Å². The number of aromatic nitrogens is 2. The van der Waals surface area contributed by atoms with Crippen LogP contribution in [0.5, 0.6) is 0 Å². The van der Waals surface area contributed by atoms with E-state index >= 15 is 0 Å². The van der Waals surface area contributed by atoms with Crippen molar-refractivity contribution in [3.8, 4) is 0 Å². The Labute approximate surface area is 125 Å². The molecule has 6 nitrogen and oxygen atoms in total. The molecule has 1 aromatic rings. The van der Waals surface area contributed by atoms with Gasteiger partial charge in [0, 0.05) is 32.1 Å². The molecule has 1 heterocycles. The number of aliphatic hydroxyl groups excluding tert-OH is 1. The van der Waals surface area contributed by atoms with E-state index in [0.717, 1.165) is 19.4 Å². The molecule has 1 N–H and O–H groups in total. The highest BCUT2D eigenvalue weighted by atomic mass is 16.3. The second-order valence-electron chi connectivity index (χ2n) is 5.83. The summed E-state index contributed by atoms with van der Waals surface area (Å²) in [6, 6.07) is -0.146. The van der Waals surface area contributed by atoms with E-state index < -0.39 is 6.10 Å². The number of hydrogen-bond donors (Lipinski definition) is 1. The van der Waals surface area contributed by atoms with Crippen molar-refractivity contribution in [1.82, 2.24) is 19.4 Å². The normalized spacial score (nSPS) is 25.9. The van der Waals surface area contributed by atoms with Crippen molar-refractivity contribution in [3.05, 3.63) is 30.9 Å². The van der Waals surface area contributed by atoms with Crippen LogP contribution in [0.4, 0.5) is 0 Å². The van der Waals surface area contributed by atoms with Crippen LogP contribution in [-0.4, -0.2) is 70.2 Å². The quantitative estimate of drug-likeness (QED) is 0.804. The van der Waals surface area contributed by atoms with Crippen LogP contribution in [-0.2, 0) is 4.79 Å². The molecule has 1 amide bonds. The fourth-order valence-corrected chi connectivity index (χ4v) is 2.80. The van der Waals surface area contributed by atoms with Crippen LogP contribution in [0.3, 0.4) is 0 Å². The molecule has 0 aromatic carbocycles. The molecule has 0 aliphatic heterocycles. The minimum Gasteiger partial charge on any atom is -0.389 e. The van der Waals surface area contributed by atoms with Crippen LogP contribution < -0.4 is 0 Å². The summed E-state index contributed by atoms with van der Waals surface area (Å²) >= 11 is 0. The Balaban J connectivity index is 1.95. The Hall–Kier alpha value is -1.66. The summed E-state index contributed by atoms with van der Waals surface area (Å²) in [6.45, 7) is 0.727. The van der Waals surface area contributed by atoms with E-state index in [0.29, 0.717) is 0 Å². The lowest BCUT2D eigenvalue weighted by molar-refractivity contribution is -0.128. The summed E-state index contributed by atoms with van der Waals surface area (Å²) in [5.74, 6) is -0.0628. The van der Waals surface area contributed by atoms with Gasteiger partial charge < -0.3 is 19.5 Å². The van der Waals surface area contributed by atoms with E-state index in [1.807, 2.05) is 35.8 Å². The van der Waals surface area contributed by atoms with Gasteiger partial charge in [-0.05, 0) is 26.9 Å². The Kier molecular flexibility index (Phi) is 5.14. The van der Waals surface area contributed by atoms with Crippen molar-refractivity contribution in [1.29, 1.82) is 0 Å². The van der Waals surface area contributed by atoms with Crippen LogP contribution >= 0.6 is 0 Å². The highest BCUT2D eigenvalue weighted by molar-refractivity contribution is 5.87. The third-order valence-electron chi connectivity index (χ3n) is 4.03. The highest BCUT2D eigenvalue weighted by Crippen LogP contribution is 2.33. The van der Waals surface area contributed by atoms with E-state index in [-0.39, 0.29) is 18.0 Å². The van der Waals surface area contributed by atoms with E-state index in [1.54, 1.807) is 30.5 Å². The largest absolute Gasteiger partial charge is 0.389 e. The van der Waals surface area contributed by atoms with Crippen molar-refractivity contribution in [2.45, 2.75) is 31.0 Å². The lowest BCUT2D eigenvalue weighted by Gasteiger charge is -2.28. The average Bonchev–Trinajstić information content (AvgIpc) is 3.06. The summed E-state index contributed by atoms with van der Waals surface area (Å²) < 4.78 is 1.92. The highest BCUT2D eigenvalue weighted by Gasteiger charge is 2.38. The van der Waals surface area contributed by atoms with E-state index in [2.05, 4.69) is 4.98 Å². The van der Waals surface area contributed by atoms with Gasteiger partial charge in [-0.25, -0.2) is 4.98 Å². The van der Waals surface area contributed by atoms with Gasteiger partial charge >= 0.3 is 0 Å². The smallest absolute Gasteiger partial charge is 0.246 e. The Bertz CT molecular complexity index is 484. The first-order valence-electron chi connectivity index (χ1n) is 7.24. The average molecular weight is 292 g/mol. The fraction of sp³-hybridized carbons (Fsp3) is 0.600. The first-order chi connectivity index (χ1) is 10.0. The molecule has 3 atom stereocenters. The van der Waals surface area contributed by atoms with Crippen molar-refractivity contribution in [2.24, 2.45) is 0 Å². The first-order valence-corrected chi connectivity index (χ1v) is 7.24. The Morgan fingerprint density at radius 1 is 1.43 bits per heavy atom. The van der Waals surface area contributed by atoms with Gasteiger partial charge in [0.25, 0.3) is 0 Å². The monoisotopic (exact) mass is 292 g/mol. The van der Waals surface area contributed by atoms with Crippen LogP contribution in [0.25, 0.3) is 0 Å². The number of carbonyl (C=O) groups is 1. The van der Waals surface area contributed by atoms with Crippen LogP contribution in [0, 0.1) is 0 Å². The predicted molar refractivity (Wildman–Crippen MR) is 80.8 cm³/mol. The number of rotatable bonds is 5. The molecular weight excluding hydrogens is 268 g/mol. The third-order valence-corrected chi connectivity index (χ3v) is 4.03. The van der Waals surface area contributed by atoms with E-state index in [9.17, 15) is 9.90 Å². The summed E-state index contributed by atoms with van der Waals surface area (Å²) in [7, 11) is 5.66. The summed E-state index contributed by atoms with van der Waals surface area (Å²) in [4.78, 5) is 19.8. The zero-order valence-electron chi connectivity index (χ0n) is 12.9. The number of carbonyl (C=O) groups excluding carboxylic acids is 1. The van der Waals surface area contributed by atoms with Crippen molar-refractivity contribution in [2.75, 3.05) is 27.7 Å². The number of amides is 1. The van der Waals surface area contributed by atoms with Crippen molar-refractivity contribution < 1.29 is 9.90 Å². The lowest BCUT2D eigenvalue weighted by Crippen LogP contribution is -2.42. The number of hydrogen-bond acceptors (Lipinski definition) is 4. The zero-order chi connectivity index (χ0) is 15.4. The third kappa shape index (κ3) is 3.71. The molecule has 0 radical (unpaired) electrons. The van der Waals surface area contributed by atoms with E-state index in [4.69, 9.17) is 0 Å². The molecule has 0 bridgehead atoms. The molecule has 0 saturated heterocycles. The molecule has 2 rings (SSSR count). The molecule has 1 aromatic heterocycles. The van der Waals surface area contributed by atoms with Gasteiger partial charge in [0.1, 0.15) is 0 Å². The molecule has 21 heavy (non-hydrogen) atoms. The molecule has 116 valence electrons. The number of nitrogens with zero attached hydrogens (tertiary/aromatic N) is 4. The summed E-state index contributed by atoms with van der Waals surface area (Å²) in [5.41, 5.74) is 0. The molecule has 1 fully saturated rings. The maximum Gasteiger partial charge on any atom is 0.246 e. The van der Waals surface area contributed by atoms with Crippen LogP contribution in [0.2, 0.25) is 0 Å². The van der Waals surface area contributed by atoms with Gasteiger partial charge in [-0.15, -0.1) is 0 Å². The number of imidazole rings is 1. The van der Waals surface area contributed by atoms with Gasteiger partial charge in [0.05, 0.1) is 24.5 Å². The summed E-state index contributed by atoms with van der Waals surface area (Å²) in [6.07, 6.45) is 9.79. The predicted octanol–water partition coefficient (Wildman–Crippen LogP) is 0.524. The number of likely N-dealkylation sites (N-methyl/N-ethyl adjacent to an activating group) is 2. The van der Waals surface area contributed by atoms with Gasteiger partial charge in [-0.1, -0.05) is 6.08 Å². The van der Waals surface area contributed by atoms with Gasteiger partial charge in [-0.2, -0.15) is 0 Å². The van der Waals surface area contributed by atoms with Crippen molar-refractivity contribution >= 4 is 5.91 Å². The van der Waals surface area contributed by atoms with Gasteiger partial charge in [0.15, 0.2) is 0 Å². The second-order valence-corrected chi connectivity index (χ2v) is 5.83. The maximum absolute atomic E-state index is 12.1. The number of aliphatic hydroxyl groups is 1. The standard InChI is InChI=1S/C15H24N4O2/c1-17(2)9-4-5-14(20)18(3)12-6-7-13(15(12)21)19-10-8-16-11-19/h4-5,8,10-13,15,21H,6-7,9H2,1-3H3/t12-,13-,15-/m1/s1. The summed E-state index contributed by atoms with van der Waals surface area (Å²) in [5, 5.41) is 10.5. The van der Waals surface area contributed by atoms with Gasteiger partial charge in [-0.3, -0.25) is 4.79 Å². The van der Waals surface area contributed by atoms with Gasteiger partial charge in [0.2, 0.25) is 5.91 Å².